The lowest BCUT2D eigenvalue weighted by atomic mass is 10.0. The van der Waals surface area contributed by atoms with E-state index < -0.39 is 0 Å². The number of aryl methyl sites for hydroxylation is 2. The highest BCUT2D eigenvalue weighted by atomic mass is 32.1. The average molecular weight is 542 g/mol. The van der Waals surface area contributed by atoms with E-state index in [4.69, 9.17) is 0 Å². The van der Waals surface area contributed by atoms with Crippen LogP contribution >= 0.6 is 11.3 Å². The van der Waals surface area contributed by atoms with Gasteiger partial charge in [-0.15, -0.1) is 0 Å². The van der Waals surface area contributed by atoms with Crippen molar-refractivity contribution in [3.8, 4) is 0 Å². The number of allylic oxidation sites excluding steroid dienone is 5. The molecule has 0 aliphatic carbocycles. The summed E-state index contributed by atoms with van der Waals surface area (Å²) in [6.45, 7) is 12.9. The molecule has 3 amide bonds. The predicted octanol–water partition coefficient (Wildman–Crippen LogP) is 6.97. The summed E-state index contributed by atoms with van der Waals surface area (Å²) >= 11 is 1.60. The van der Waals surface area contributed by atoms with Gasteiger partial charge in [-0.3, -0.25) is 9.69 Å². The summed E-state index contributed by atoms with van der Waals surface area (Å²) in [5.74, 6) is 0.188. The van der Waals surface area contributed by atoms with Crippen LogP contribution in [0.1, 0.15) is 37.8 Å². The lowest BCUT2D eigenvalue weighted by Gasteiger charge is -2.36. The molecule has 0 bridgehead atoms. The van der Waals surface area contributed by atoms with Gasteiger partial charge in [0.15, 0.2) is 0 Å². The number of piperazine rings is 1. The highest BCUT2D eigenvalue weighted by molar-refractivity contribution is 7.23. The molecule has 1 saturated heterocycles. The summed E-state index contributed by atoms with van der Waals surface area (Å²) < 4.78 is 0. The van der Waals surface area contributed by atoms with Crippen molar-refractivity contribution in [1.29, 1.82) is 0 Å². The summed E-state index contributed by atoms with van der Waals surface area (Å²) in [6.07, 6.45) is 12.1. The Labute approximate surface area is 234 Å². The number of carbonyl (C=O) groups excluding carboxylic acids is 2. The number of urea groups is 1. The van der Waals surface area contributed by atoms with Gasteiger partial charge in [-0.2, -0.15) is 0 Å². The maximum absolute atomic E-state index is 13.6. The number of hydrogen-bond donors (Lipinski definition) is 1. The fraction of sp³-hybridized carbons (Fsp3) is 0.323. The average Bonchev–Trinajstić information content (AvgIpc) is 3.31. The largest absolute Gasteiger partial charge is 0.358 e. The molecule has 1 aromatic carbocycles. The molecule has 2 aromatic heterocycles. The molecule has 5 rings (SSSR count). The van der Waals surface area contributed by atoms with Crippen LogP contribution in [0.15, 0.2) is 66.9 Å². The molecule has 0 spiro atoms. The third-order valence-corrected chi connectivity index (χ3v) is 8.48. The smallest absolute Gasteiger partial charge is 0.331 e. The number of anilines is 4. The maximum atomic E-state index is 13.6. The SMILES string of the molecule is C=C(/C=C\C=C/C)CCc1ccc(N2C(=O)Nc3c(N4CCN(C(=O)CC)CC4)sc4nccc2c34)c(C)c1. The molecule has 0 atom stereocenters. The van der Waals surface area contributed by atoms with E-state index in [-0.39, 0.29) is 11.9 Å². The number of benzene rings is 1. The summed E-state index contributed by atoms with van der Waals surface area (Å²) in [6, 6.07) is 8.05. The van der Waals surface area contributed by atoms with Gasteiger partial charge < -0.3 is 15.1 Å². The van der Waals surface area contributed by atoms with Crippen LogP contribution in [0.25, 0.3) is 10.2 Å². The molecular formula is C31H35N5O2S. The highest BCUT2D eigenvalue weighted by Gasteiger charge is 2.34. The first-order chi connectivity index (χ1) is 18.9. The molecule has 1 N–H and O–H groups in total. The van der Waals surface area contributed by atoms with Crippen molar-refractivity contribution in [3.63, 3.8) is 0 Å². The van der Waals surface area contributed by atoms with Crippen LogP contribution in [-0.4, -0.2) is 48.0 Å². The molecule has 2 aliphatic rings. The third kappa shape index (κ3) is 5.34. The molecule has 2 aliphatic heterocycles. The molecule has 4 heterocycles. The summed E-state index contributed by atoms with van der Waals surface area (Å²) in [5, 5.41) is 5.16. The molecule has 202 valence electrons. The number of amides is 3. The van der Waals surface area contributed by atoms with Gasteiger partial charge in [0.05, 0.1) is 22.4 Å². The van der Waals surface area contributed by atoms with Gasteiger partial charge in [0.2, 0.25) is 5.91 Å². The molecule has 0 saturated carbocycles. The number of nitrogens with one attached hydrogen (secondary N) is 1. The second-order valence-corrected chi connectivity index (χ2v) is 10.9. The zero-order valence-corrected chi connectivity index (χ0v) is 23.7. The van der Waals surface area contributed by atoms with Gasteiger partial charge >= 0.3 is 6.03 Å². The number of hydrogen-bond acceptors (Lipinski definition) is 5. The van der Waals surface area contributed by atoms with Gasteiger partial charge in [0.25, 0.3) is 0 Å². The topological polar surface area (TPSA) is 68.8 Å². The number of rotatable bonds is 8. The molecule has 39 heavy (non-hydrogen) atoms. The summed E-state index contributed by atoms with van der Waals surface area (Å²) in [4.78, 5) is 37.2. The van der Waals surface area contributed by atoms with E-state index in [0.29, 0.717) is 19.5 Å². The zero-order valence-electron chi connectivity index (χ0n) is 22.9. The van der Waals surface area contributed by atoms with Gasteiger partial charge in [0.1, 0.15) is 9.83 Å². The maximum Gasteiger partial charge on any atom is 0.331 e. The second-order valence-electron chi connectivity index (χ2n) is 9.94. The van der Waals surface area contributed by atoms with E-state index >= 15 is 0 Å². The number of aromatic nitrogens is 1. The van der Waals surface area contributed by atoms with Crippen molar-refractivity contribution in [2.24, 2.45) is 0 Å². The number of nitrogens with zero attached hydrogens (tertiary/aromatic N) is 4. The molecule has 0 unspecified atom stereocenters. The second kappa shape index (κ2) is 11.5. The lowest BCUT2D eigenvalue weighted by Crippen LogP contribution is -2.48. The zero-order chi connectivity index (χ0) is 27.5. The van der Waals surface area contributed by atoms with Gasteiger partial charge in [-0.25, -0.2) is 9.78 Å². The van der Waals surface area contributed by atoms with Crippen molar-refractivity contribution in [2.75, 3.05) is 41.3 Å². The Morgan fingerprint density at radius 3 is 2.67 bits per heavy atom. The Balaban J connectivity index is 1.40. The molecule has 0 radical (unpaired) electrons. The predicted molar refractivity (Wildman–Crippen MR) is 162 cm³/mol. The van der Waals surface area contributed by atoms with E-state index in [9.17, 15) is 9.59 Å². The first kappa shape index (κ1) is 26.7. The standard InChI is InChI=1S/C31H35N5O2S/c1-5-7-8-9-21(3)10-11-23-12-13-24(22(4)20-23)36-25-14-15-32-29-27(25)28(33-31(36)38)30(39-29)35-18-16-34(17-19-35)26(37)6-2/h5,7-9,12-15,20H,3,6,10-11,16-19H2,1-2,4H3,(H,33,38)/b7-5-,9-8-. The normalized spacial score (nSPS) is 15.6. The van der Waals surface area contributed by atoms with Crippen LogP contribution in [0.5, 0.6) is 0 Å². The molecule has 1 fully saturated rings. The first-order valence-corrected chi connectivity index (χ1v) is 14.3. The Hall–Kier alpha value is -3.91. The number of carbonyl (C=O) groups is 2. The van der Waals surface area contributed by atoms with Crippen LogP contribution in [-0.2, 0) is 11.2 Å². The molecule has 8 heteroatoms. The van der Waals surface area contributed by atoms with Crippen LogP contribution in [0.3, 0.4) is 0 Å². The van der Waals surface area contributed by atoms with Crippen molar-refractivity contribution in [1.82, 2.24) is 9.88 Å². The van der Waals surface area contributed by atoms with E-state index in [1.54, 1.807) is 22.4 Å². The van der Waals surface area contributed by atoms with Crippen LogP contribution in [0, 0.1) is 6.92 Å². The Morgan fingerprint density at radius 1 is 1.15 bits per heavy atom. The minimum atomic E-state index is -0.173. The quantitative estimate of drug-likeness (QED) is 0.313. The summed E-state index contributed by atoms with van der Waals surface area (Å²) in [7, 11) is 0. The minimum absolute atomic E-state index is 0.173. The lowest BCUT2D eigenvalue weighted by molar-refractivity contribution is -0.131. The van der Waals surface area contributed by atoms with E-state index in [1.165, 1.54) is 5.56 Å². The Bertz CT molecular complexity index is 1480. The Morgan fingerprint density at radius 2 is 1.95 bits per heavy atom. The van der Waals surface area contributed by atoms with Crippen molar-refractivity contribution >= 4 is 55.6 Å². The first-order valence-electron chi connectivity index (χ1n) is 13.5. The van der Waals surface area contributed by atoms with Crippen LogP contribution in [0.4, 0.5) is 26.9 Å². The van der Waals surface area contributed by atoms with Gasteiger partial charge in [-0.05, 0) is 49.9 Å². The van der Waals surface area contributed by atoms with Crippen molar-refractivity contribution in [2.45, 2.75) is 40.0 Å². The fourth-order valence-electron chi connectivity index (χ4n) is 5.23. The van der Waals surface area contributed by atoms with E-state index in [2.05, 4.69) is 40.8 Å². The Kier molecular flexibility index (Phi) is 7.84. The molecular weight excluding hydrogens is 506 g/mol. The van der Waals surface area contributed by atoms with E-state index in [1.807, 2.05) is 55.2 Å². The number of thiophene rings is 1. The minimum Gasteiger partial charge on any atom is -0.358 e. The highest BCUT2D eigenvalue weighted by Crippen LogP contribution is 2.50. The van der Waals surface area contributed by atoms with Gasteiger partial charge in [-0.1, -0.05) is 66.8 Å². The van der Waals surface area contributed by atoms with E-state index in [0.717, 1.165) is 69.3 Å². The molecule has 3 aromatic rings. The number of pyridine rings is 1. The fourth-order valence-corrected chi connectivity index (χ4v) is 6.40. The van der Waals surface area contributed by atoms with Crippen LogP contribution < -0.4 is 15.1 Å². The molecule has 7 nitrogen and oxygen atoms in total. The van der Waals surface area contributed by atoms with Crippen molar-refractivity contribution < 1.29 is 9.59 Å². The van der Waals surface area contributed by atoms with Crippen LogP contribution in [0.2, 0.25) is 0 Å². The van der Waals surface area contributed by atoms with Gasteiger partial charge in [0, 0.05) is 38.8 Å². The third-order valence-electron chi connectivity index (χ3n) is 7.32. The van der Waals surface area contributed by atoms with Crippen molar-refractivity contribution in [3.05, 3.63) is 78.0 Å². The monoisotopic (exact) mass is 541 g/mol. The summed E-state index contributed by atoms with van der Waals surface area (Å²) in [5.41, 5.74) is 5.88.